The first-order valence-corrected chi connectivity index (χ1v) is 23.3. The second-order valence-electron chi connectivity index (χ2n) is 19.1. The number of aromatic hydroxyl groups is 1. The van der Waals surface area contributed by atoms with Gasteiger partial charge in [0.05, 0.1) is 33.6 Å². The van der Waals surface area contributed by atoms with Gasteiger partial charge in [-0.15, -0.1) is 0 Å². The zero-order valence-corrected chi connectivity index (χ0v) is 39.1. The Labute approximate surface area is 413 Å². The van der Waals surface area contributed by atoms with Crippen LogP contribution in [0, 0.1) is 0 Å². The molecular weight excluding hydrogens is 905 g/mol. The SMILES string of the molecule is CC1(C)CC(C)(c2ccc(C(=O)c3ccccc3)cc2)c2ccc(C(=O)c3ccc(Oc4ccc(N5C(=O)c6ccc(C(=O)c7ccc8c(c7)C(=O)N(c7ccc(O)cc7)C8=O)cc6C5=O)cc4)cc3)cc21. The van der Waals surface area contributed by atoms with Gasteiger partial charge in [-0.1, -0.05) is 99.6 Å². The molecule has 8 aromatic carbocycles. The Morgan fingerprint density at radius 3 is 1.38 bits per heavy atom. The van der Waals surface area contributed by atoms with E-state index >= 15 is 0 Å². The van der Waals surface area contributed by atoms with E-state index in [0.717, 1.165) is 32.9 Å². The summed E-state index contributed by atoms with van der Waals surface area (Å²) in [5.41, 5.74) is 6.24. The molecule has 0 saturated carbocycles. The lowest BCUT2D eigenvalue weighted by atomic mass is 9.75. The van der Waals surface area contributed by atoms with Crippen LogP contribution in [0.15, 0.2) is 182 Å². The Morgan fingerprint density at radius 1 is 0.431 bits per heavy atom. The van der Waals surface area contributed by atoms with Crippen molar-refractivity contribution in [3.8, 4) is 17.2 Å². The third kappa shape index (κ3) is 7.50. The van der Waals surface area contributed by atoms with E-state index in [1.54, 1.807) is 48.5 Å². The highest BCUT2D eigenvalue weighted by atomic mass is 16.5. The maximum Gasteiger partial charge on any atom is 0.266 e. The minimum atomic E-state index is -0.623. The molecule has 8 aromatic rings. The average molecular weight is 947 g/mol. The van der Waals surface area contributed by atoms with E-state index in [1.807, 2.05) is 66.7 Å². The lowest BCUT2D eigenvalue weighted by Crippen LogP contribution is -2.29. The van der Waals surface area contributed by atoms with E-state index in [9.17, 15) is 38.7 Å². The second kappa shape index (κ2) is 17.0. The minimum Gasteiger partial charge on any atom is -0.508 e. The van der Waals surface area contributed by atoms with Crippen LogP contribution in [0.25, 0.3) is 0 Å². The van der Waals surface area contributed by atoms with Crippen LogP contribution in [0.3, 0.4) is 0 Å². The van der Waals surface area contributed by atoms with Gasteiger partial charge in [0.25, 0.3) is 23.6 Å². The van der Waals surface area contributed by atoms with Gasteiger partial charge < -0.3 is 9.84 Å². The Morgan fingerprint density at radius 2 is 0.833 bits per heavy atom. The summed E-state index contributed by atoms with van der Waals surface area (Å²) in [6, 6.07) is 50.3. The first kappa shape index (κ1) is 45.1. The van der Waals surface area contributed by atoms with Crippen LogP contribution < -0.4 is 14.5 Å². The fourth-order valence-electron chi connectivity index (χ4n) is 10.4. The molecular formula is C61H42N2O9. The number of hydrogen-bond acceptors (Lipinski definition) is 9. The molecule has 0 aromatic heterocycles. The van der Waals surface area contributed by atoms with E-state index in [0.29, 0.717) is 33.8 Å². The molecule has 0 saturated heterocycles. The number of benzene rings is 8. The molecule has 0 spiro atoms. The Balaban J connectivity index is 0.747. The molecule has 11 nitrogen and oxygen atoms in total. The first-order chi connectivity index (χ1) is 34.6. The van der Waals surface area contributed by atoms with Crippen LogP contribution in [0.1, 0.15) is 133 Å². The van der Waals surface area contributed by atoms with E-state index in [1.165, 1.54) is 60.7 Å². The summed E-state index contributed by atoms with van der Waals surface area (Å²) in [5.74, 6) is -2.19. The van der Waals surface area contributed by atoms with Gasteiger partial charge in [0, 0.05) is 38.8 Å². The largest absolute Gasteiger partial charge is 0.508 e. The molecule has 4 amide bonds. The normalized spacial score (nSPS) is 16.4. The number of carbonyl (C=O) groups excluding carboxylic acids is 7. The first-order valence-electron chi connectivity index (χ1n) is 23.3. The van der Waals surface area contributed by atoms with Crippen molar-refractivity contribution < 1.29 is 43.4 Å². The summed E-state index contributed by atoms with van der Waals surface area (Å²) in [4.78, 5) is 96.6. The second-order valence-corrected chi connectivity index (χ2v) is 19.1. The van der Waals surface area contributed by atoms with Crippen molar-refractivity contribution in [1.82, 2.24) is 0 Å². The topological polar surface area (TPSA) is 155 Å². The molecule has 1 N–H and O–H groups in total. The standard InChI is InChI=1S/C61H42N2O9/c1-60(2)34-61(3,41-16-9-36(10-17-41)53(65)35-7-5-4-6-8-35)51-30-15-40(33-52(51)60)54(66)37-11-24-45(25-12-37)72-46-26-20-43(21-27-46)63-57(69)48-29-14-39(32-50(48)59(63)71)55(67)38-13-28-47-49(31-38)58(70)62(56(47)68)42-18-22-44(64)23-19-42/h4-33,64H,34H2,1-3H3. The number of amides is 4. The lowest BCUT2D eigenvalue weighted by Gasteiger charge is -2.28. The molecule has 1 atom stereocenters. The molecule has 72 heavy (non-hydrogen) atoms. The molecule has 2 aliphatic heterocycles. The summed E-state index contributed by atoms with van der Waals surface area (Å²) in [6.07, 6.45) is 0.826. The monoisotopic (exact) mass is 946 g/mol. The maximum absolute atomic E-state index is 13.9. The Hall–Kier alpha value is -9.35. The fourth-order valence-corrected chi connectivity index (χ4v) is 10.4. The van der Waals surface area contributed by atoms with Gasteiger partial charge in [0.15, 0.2) is 17.3 Å². The molecule has 0 radical (unpaired) electrons. The summed E-state index contributed by atoms with van der Waals surface area (Å²) >= 11 is 0. The zero-order chi connectivity index (χ0) is 50.2. The molecule has 1 aliphatic carbocycles. The van der Waals surface area contributed by atoms with Gasteiger partial charge in [-0.25, -0.2) is 9.80 Å². The fraction of sp³-hybridized carbons (Fsp3) is 0.0984. The van der Waals surface area contributed by atoms with Crippen molar-refractivity contribution in [2.24, 2.45) is 0 Å². The quantitative estimate of drug-likeness (QED) is 0.0985. The predicted octanol–water partition coefficient (Wildman–Crippen LogP) is 11.5. The van der Waals surface area contributed by atoms with Crippen molar-refractivity contribution >= 4 is 52.4 Å². The van der Waals surface area contributed by atoms with E-state index in [4.69, 9.17) is 4.74 Å². The number of carbonyl (C=O) groups is 7. The molecule has 0 bridgehead atoms. The highest BCUT2D eigenvalue weighted by Gasteiger charge is 2.46. The van der Waals surface area contributed by atoms with Gasteiger partial charge in [-0.05, 0) is 132 Å². The van der Waals surface area contributed by atoms with Gasteiger partial charge in [0.1, 0.15) is 17.2 Å². The van der Waals surface area contributed by atoms with Crippen LogP contribution in [-0.2, 0) is 10.8 Å². The van der Waals surface area contributed by atoms with E-state index in [-0.39, 0.29) is 72.9 Å². The number of phenolic OH excluding ortho intramolecular Hbond substituents is 1. The number of ether oxygens (including phenoxy) is 1. The number of nitrogens with zero attached hydrogens (tertiary/aromatic N) is 2. The third-order valence-electron chi connectivity index (χ3n) is 14.1. The minimum absolute atomic E-state index is 0.0207. The summed E-state index contributed by atoms with van der Waals surface area (Å²) in [5, 5.41) is 9.66. The summed E-state index contributed by atoms with van der Waals surface area (Å²) in [6.45, 7) is 6.61. The Kier molecular flexibility index (Phi) is 10.6. The van der Waals surface area contributed by atoms with Crippen LogP contribution in [0.5, 0.6) is 17.2 Å². The van der Waals surface area contributed by atoms with E-state index in [2.05, 4.69) is 26.8 Å². The number of hydrogen-bond donors (Lipinski definition) is 1. The number of fused-ring (bicyclic) bond motifs is 3. The number of phenols is 1. The van der Waals surface area contributed by atoms with Crippen molar-refractivity contribution in [3.05, 3.63) is 254 Å². The Bertz CT molecular complexity index is 3640. The predicted molar refractivity (Wildman–Crippen MR) is 270 cm³/mol. The number of imide groups is 2. The van der Waals surface area contributed by atoms with Crippen LogP contribution in [0.4, 0.5) is 11.4 Å². The van der Waals surface area contributed by atoms with E-state index < -0.39 is 29.4 Å². The average Bonchev–Trinajstić information content (AvgIpc) is 3.90. The molecule has 2 heterocycles. The van der Waals surface area contributed by atoms with Crippen molar-refractivity contribution in [1.29, 1.82) is 0 Å². The number of ketones is 3. The molecule has 11 rings (SSSR count). The highest BCUT2D eigenvalue weighted by Crippen LogP contribution is 2.53. The van der Waals surface area contributed by atoms with Crippen molar-refractivity contribution in [2.75, 3.05) is 9.80 Å². The maximum atomic E-state index is 13.9. The summed E-state index contributed by atoms with van der Waals surface area (Å²) < 4.78 is 6.10. The van der Waals surface area contributed by atoms with Gasteiger partial charge >= 0.3 is 0 Å². The highest BCUT2D eigenvalue weighted by molar-refractivity contribution is 6.36. The third-order valence-corrected chi connectivity index (χ3v) is 14.1. The van der Waals surface area contributed by atoms with Crippen LogP contribution in [-0.4, -0.2) is 46.1 Å². The number of anilines is 2. The van der Waals surface area contributed by atoms with Crippen LogP contribution >= 0.6 is 0 Å². The zero-order valence-electron chi connectivity index (χ0n) is 39.1. The van der Waals surface area contributed by atoms with Crippen molar-refractivity contribution in [3.63, 3.8) is 0 Å². The van der Waals surface area contributed by atoms with Crippen molar-refractivity contribution in [2.45, 2.75) is 38.0 Å². The smallest absolute Gasteiger partial charge is 0.266 e. The van der Waals surface area contributed by atoms with Crippen LogP contribution in [0.2, 0.25) is 0 Å². The lowest BCUT2D eigenvalue weighted by molar-refractivity contribution is 0.0910. The molecule has 11 heteroatoms. The van der Waals surface area contributed by atoms with Gasteiger partial charge in [0.2, 0.25) is 0 Å². The van der Waals surface area contributed by atoms with Gasteiger partial charge in [-0.2, -0.15) is 0 Å². The van der Waals surface area contributed by atoms with Gasteiger partial charge in [-0.3, -0.25) is 33.6 Å². The molecule has 3 aliphatic rings. The molecule has 0 fully saturated rings. The summed E-state index contributed by atoms with van der Waals surface area (Å²) in [7, 11) is 0. The molecule has 1 unspecified atom stereocenters. The number of rotatable bonds is 11. The molecule has 350 valence electrons.